The smallest absolute Gasteiger partial charge is 0.273 e. The van der Waals surface area contributed by atoms with Gasteiger partial charge >= 0.3 is 0 Å². The Balaban J connectivity index is 1.60. The molecule has 0 aliphatic carbocycles. The van der Waals surface area contributed by atoms with E-state index in [4.69, 9.17) is 23.2 Å². The van der Waals surface area contributed by atoms with E-state index < -0.39 is 5.91 Å². The van der Waals surface area contributed by atoms with Crippen LogP contribution in [0, 0.1) is 6.92 Å². The highest BCUT2D eigenvalue weighted by atomic mass is 35.5. The molecule has 1 aliphatic rings. The number of imide groups is 1. The lowest BCUT2D eigenvalue weighted by molar-refractivity contribution is -0.121. The van der Waals surface area contributed by atoms with Gasteiger partial charge in [-0.1, -0.05) is 23.2 Å². The van der Waals surface area contributed by atoms with Crippen LogP contribution >= 0.6 is 23.2 Å². The van der Waals surface area contributed by atoms with E-state index in [9.17, 15) is 14.4 Å². The highest BCUT2D eigenvalue weighted by molar-refractivity contribution is 6.40. The summed E-state index contributed by atoms with van der Waals surface area (Å²) in [4.78, 5) is 40.7. The number of aromatic amines is 1. The Labute approximate surface area is 170 Å². The van der Waals surface area contributed by atoms with Gasteiger partial charge in [-0.05, 0) is 48.9 Å². The van der Waals surface area contributed by atoms with Gasteiger partial charge in [0.2, 0.25) is 11.8 Å². The summed E-state index contributed by atoms with van der Waals surface area (Å²) in [5, 5.41) is 4.26. The second kappa shape index (κ2) is 6.96. The van der Waals surface area contributed by atoms with E-state index in [1.165, 1.54) is 4.90 Å². The van der Waals surface area contributed by atoms with E-state index in [0.717, 1.165) is 0 Å². The summed E-state index contributed by atoms with van der Waals surface area (Å²) in [7, 11) is 0. The zero-order chi connectivity index (χ0) is 20.0. The summed E-state index contributed by atoms with van der Waals surface area (Å²) in [6.45, 7) is 1.78. The minimum absolute atomic E-state index is 0.214. The van der Waals surface area contributed by atoms with Crippen LogP contribution in [0.2, 0.25) is 10.0 Å². The summed E-state index contributed by atoms with van der Waals surface area (Å²) in [5.74, 6) is -0.834. The Morgan fingerprint density at radius 2 is 1.79 bits per heavy atom. The van der Waals surface area contributed by atoms with Crippen molar-refractivity contribution in [1.82, 2.24) is 4.98 Å². The van der Waals surface area contributed by atoms with Crippen LogP contribution in [0.5, 0.6) is 0 Å². The van der Waals surface area contributed by atoms with Crippen LogP contribution in [0.15, 0.2) is 36.4 Å². The second-order valence-electron chi connectivity index (χ2n) is 6.58. The van der Waals surface area contributed by atoms with E-state index >= 15 is 0 Å². The monoisotopic (exact) mass is 415 g/mol. The van der Waals surface area contributed by atoms with Crippen molar-refractivity contribution in [3.63, 3.8) is 0 Å². The number of fused-ring (bicyclic) bond motifs is 1. The van der Waals surface area contributed by atoms with Gasteiger partial charge in [0, 0.05) is 34.5 Å². The molecule has 1 fully saturated rings. The number of hydrogen-bond acceptors (Lipinski definition) is 3. The second-order valence-corrected chi connectivity index (χ2v) is 7.40. The molecule has 0 spiro atoms. The van der Waals surface area contributed by atoms with Gasteiger partial charge < -0.3 is 10.3 Å². The van der Waals surface area contributed by atoms with Gasteiger partial charge in [0.25, 0.3) is 5.91 Å². The first-order valence-corrected chi connectivity index (χ1v) is 9.35. The number of carbonyl (C=O) groups is 3. The molecule has 0 atom stereocenters. The lowest BCUT2D eigenvalue weighted by atomic mass is 10.1. The van der Waals surface area contributed by atoms with E-state index in [1.807, 2.05) is 0 Å². The molecule has 28 heavy (non-hydrogen) atoms. The van der Waals surface area contributed by atoms with Crippen LogP contribution in [0.25, 0.3) is 10.9 Å². The first kappa shape index (κ1) is 18.5. The molecule has 1 aliphatic heterocycles. The van der Waals surface area contributed by atoms with Crippen molar-refractivity contribution in [3.8, 4) is 0 Å². The van der Waals surface area contributed by atoms with Gasteiger partial charge in [-0.25, -0.2) is 0 Å². The molecule has 0 bridgehead atoms. The molecule has 2 heterocycles. The molecule has 1 aromatic heterocycles. The lowest BCUT2D eigenvalue weighted by Gasteiger charge is -2.17. The SMILES string of the molecule is Cc1cc(NC(=O)c2[nH]c3ccc(Cl)cc3c2Cl)ccc1N1C(=O)CCC1=O. The summed E-state index contributed by atoms with van der Waals surface area (Å²) in [5.41, 5.74) is 2.69. The Kier molecular flexibility index (Phi) is 4.61. The first-order valence-electron chi connectivity index (χ1n) is 8.59. The number of halogens is 2. The standard InChI is InChI=1S/C20H15Cl2N3O3/c1-10-8-12(3-5-15(10)25-16(26)6-7-17(25)27)23-20(28)19-18(22)13-9-11(21)2-4-14(13)24-19/h2-5,8-9,24H,6-7H2,1H3,(H,23,28). The van der Waals surface area contributed by atoms with Gasteiger partial charge in [0.1, 0.15) is 5.69 Å². The number of rotatable bonds is 3. The fourth-order valence-corrected chi connectivity index (χ4v) is 3.77. The first-order chi connectivity index (χ1) is 13.3. The Hall–Kier alpha value is -2.83. The highest BCUT2D eigenvalue weighted by Gasteiger charge is 2.31. The van der Waals surface area contributed by atoms with Gasteiger partial charge in [-0.2, -0.15) is 0 Å². The molecule has 3 amide bonds. The van der Waals surface area contributed by atoms with E-state index in [0.29, 0.717) is 32.9 Å². The third-order valence-corrected chi connectivity index (χ3v) is 5.30. The van der Waals surface area contributed by atoms with Crippen LogP contribution < -0.4 is 10.2 Å². The zero-order valence-corrected chi connectivity index (χ0v) is 16.3. The maximum Gasteiger partial charge on any atom is 0.273 e. The molecule has 0 radical (unpaired) electrons. The highest BCUT2D eigenvalue weighted by Crippen LogP contribution is 2.31. The number of carbonyl (C=O) groups excluding carboxylic acids is 3. The predicted molar refractivity (Wildman–Crippen MR) is 109 cm³/mol. The molecule has 3 aromatic rings. The average Bonchev–Trinajstić information content (AvgIpc) is 3.15. The van der Waals surface area contributed by atoms with Crippen LogP contribution in [0.1, 0.15) is 28.9 Å². The number of amides is 3. The number of H-pyrrole nitrogens is 1. The summed E-state index contributed by atoms with van der Waals surface area (Å²) in [6, 6.07) is 10.2. The Bertz CT molecular complexity index is 1140. The molecule has 2 aromatic carbocycles. The molecule has 6 nitrogen and oxygen atoms in total. The molecule has 0 saturated carbocycles. The molecule has 142 valence electrons. The topological polar surface area (TPSA) is 82.3 Å². The van der Waals surface area contributed by atoms with Crippen LogP contribution in [0.3, 0.4) is 0 Å². The quantitative estimate of drug-likeness (QED) is 0.608. The van der Waals surface area contributed by atoms with Crippen LogP contribution in [0.4, 0.5) is 11.4 Å². The fourth-order valence-electron chi connectivity index (χ4n) is 3.31. The summed E-state index contributed by atoms with van der Waals surface area (Å²) in [6.07, 6.45) is 0.444. The van der Waals surface area contributed by atoms with Crippen molar-refractivity contribution in [2.75, 3.05) is 10.2 Å². The average molecular weight is 416 g/mol. The number of aryl methyl sites for hydroxylation is 1. The summed E-state index contributed by atoms with van der Waals surface area (Å²) >= 11 is 12.3. The van der Waals surface area contributed by atoms with E-state index in [1.54, 1.807) is 43.3 Å². The van der Waals surface area contributed by atoms with Crippen molar-refractivity contribution in [2.45, 2.75) is 19.8 Å². The fraction of sp³-hybridized carbons (Fsp3) is 0.150. The van der Waals surface area contributed by atoms with Gasteiger partial charge in [0.15, 0.2) is 0 Å². The van der Waals surface area contributed by atoms with Crippen molar-refractivity contribution >= 4 is 63.2 Å². The number of aromatic nitrogens is 1. The number of anilines is 2. The minimum Gasteiger partial charge on any atom is -0.349 e. The van der Waals surface area contributed by atoms with E-state index in [-0.39, 0.29) is 35.4 Å². The normalized spacial score (nSPS) is 14.2. The molecule has 4 rings (SSSR count). The van der Waals surface area contributed by atoms with Crippen molar-refractivity contribution in [1.29, 1.82) is 0 Å². The molecule has 0 unspecified atom stereocenters. The van der Waals surface area contributed by atoms with Crippen molar-refractivity contribution in [3.05, 3.63) is 57.7 Å². The maximum absolute atomic E-state index is 12.7. The zero-order valence-electron chi connectivity index (χ0n) is 14.8. The lowest BCUT2D eigenvalue weighted by Crippen LogP contribution is -2.29. The Morgan fingerprint density at radius 3 is 2.46 bits per heavy atom. The third kappa shape index (κ3) is 3.15. The van der Waals surface area contributed by atoms with Gasteiger partial charge in [-0.15, -0.1) is 0 Å². The molecule has 1 saturated heterocycles. The Morgan fingerprint density at radius 1 is 1.07 bits per heavy atom. The van der Waals surface area contributed by atoms with Crippen molar-refractivity contribution in [2.24, 2.45) is 0 Å². The third-order valence-electron chi connectivity index (χ3n) is 4.67. The van der Waals surface area contributed by atoms with Gasteiger partial charge in [-0.3, -0.25) is 19.3 Å². The van der Waals surface area contributed by atoms with Crippen LogP contribution in [-0.2, 0) is 9.59 Å². The minimum atomic E-state index is -0.405. The van der Waals surface area contributed by atoms with E-state index in [2.05, 4.69) is 10.3 Å². The van der Waals surface area contributed by atoms with Gasteiger partial charge in [0.05, 0.1) is 10.7 Å². The molecule has 8 heteroatoms. The summed E-state index contributed by atoms with van der Waals surface area (Å²) < 4.78 is 0. The molecule has 2 N–H and O–H groups in total. The number of benzene rings is 2. The number of hydrogen-bond donors (Lipinski definition) is 2. The number of nitrogens with zero attached hydrogens (tertiary/aromatic N) is 1. The molecular weight excluding hydrogens is 401 g/mol. The largest absolute Gasteiger partial charge is 0.349 e. The number of nitrogens with one attached hydrogen (secondary N) is 2. The maximum atomic E-state index is 12.7. The van der Waals surface area contributed by atoms with Crippen molar-refractivity contribution < 1.29 is 14.4 Å². The predicted octanol–water partition coefficient (Wildman–Crippen LogP) is 4.69. The molecular formula is C20H15Cl2N3O3. The van der Waals surface area contributed by atoms with Crippen LogP contribution in [-0.4, -0.2) is 22.7 Å².